The van der Waals surface area contributed by atoms with Gasteiger partial charge in [0.25, 0.3) is 0 Å². The van der Waals surface area contributed by atoms with E-state index in [4.69, 9.17) is 4.74 Å². The van der Waals surface area contributed by atoms with E-state index in [1.807, 2.05) is 49.4 Å². The molecular formula is C17H21NO2. The molecule has 3 heteroatoms. The first-order valence-corrected chi connectivity index (χ1v) is 6.80. The van der Waals surface area contributed by atoms with E-state index in [-0.39, 0.29) is 18.7 Å². The van der Waals surface area contributed by atoms with E-state index in [1.165, 1.54) is 5.56 Å². The SMILES string of the molecule is COc1ccc(C(N[C@H](C)CO)c2ccccc2)cc1. The fourth-order valence-corrected chi connectivity index (χ4v) is 2.16. The van der Waals surface area contributed by atoms with Crippen LogP contribution in [0.3, 0.4) is 0 Å². The summed E-state index contributed by atoms with van der Waals surface area (Å²) < 4.78 is 5.20. The molecule has 2 atom stereocenters. The predicted molar refractivity (Wildman–Crippen MR) is 81.0 cm³/mol. The van der Waals surface area contributed by atoms with Crippen molar-refractivity contribution in [1.82, 2.24) is 5.32 Å². The Labute approximate surface area is 120 Å². The van der Waals surface area contributed by atoms with Gasteiger partial charge >= 0.3 is 0 Å². The fraction of sp³-hybridized carbons (Fsp3) is 0.294. The quantitative estimate of drug-likeness (QED) is 0.849. The highest BCUT2D eigenvalue weighted by Gasteiger charge is 2.16. The van der Waals surface area contributed by atoms with E-state index >= 15 is 0 Å². The second kappa shape index (κ2) is 7.08. The lowest BCUT2D eigenvalue weighted by Gasteiger charge is -2.23. The van der Waals surface area contributed by atoms with Crippen LogP contribution in [-0.2, 0) is 0 Å². The van der Waals surface area contributed by atoms with Gasteiger partial charge in [0.2, 0.25) is 0 Å². The molecule has 1 unspecified atom stereocenters. The van der Waals surface area contributed by atoms with Crippen LogP contribution in [0.1, 0.15) is 24.1 Å². The lowest BCUT2D eigenvalue weighted by molar-refractivity contribution is 0.245. The van der Waals surface area contributed by atoms with Gasteiger partial charge in [-0.05, 0) is 30.2 Å². The van der Waals surface area contributed by atoms with Gasteiger partial charge in [-0.15, -0.1) is 0 Å². The average molecular weight is 271 g/mol. The van der Waals surface area contributed by atoms with Gasteiger partial charge in [-0.25, -0.2) is 0 Å². The number of benzene rings is 2. The van der Waals surface area contributed by atoms with Crippen LogP contribution in [0.2, 0.25) is 0 Å². The van der Waals surface area contributed by atoms with Gasteiger partial charge in [0.05, 0.1) is 19.8 Å². The number of aliphatic hydroxyl groups excluding tert-OH is 1. The van der Waals surface area contributed by atoms with Crippen molar-refractivity contribution in [2.45, 2.75) is 19.0 Å². The van der Waals surface area contributed by atoms with Crippen LogP contribution in [0.5, 0.6) is 5.75 Å². The summed E-state index contributed by atoms with van der Waals surface area (Å²) in [6.07, 6.45) is 0. The molecule has 0 aliphatic rings. The minimum absolute atomic E-state index is 0.0299. The Kier molecular flexibility index (Phi) is 5.16. The van der Waals surface area contributed by atoms with E-state index in [9.17, 15) is 5.11 Å². The van der Waals surface area contributed by atoms with Crippen LogP contribution in [0.15, 0.2) is 54.6 Å². The normalized spacial score (nSPS) is 13.8. The Bertz CT molecular complexity index is 510. The van der Waals surface area contributed by atoms with Crippen LogP contribution < -0.4 is 10.1 Å². The molecule has 0 bridgehead atoms. The number of aliphatic hydroxyl groups is 1. The second-order valence-electron chi connectivity index (χ2n) is 4.87. The van der Waals surface area contributed by atoms with E-state index in [2.05, 4.69) is 17.4 Å². The second-order valence-corrected chi connectivity index (χ2v) is 4.87. The third-order valence-corrected chi connectivity index (χ3v) is 3.31. The van der Waals surface area contributed by atoms with Gasteiger partial charge < -0.3 is 15.2 Å². The van der Waals surface area contributed by atoms with Crippen LogP contribution in [-0.4, -0.2) is 24.9 Å². The lowest BCUT2D eigenvalue weighted by Crippen LogP contribution is -2.33. The number of nitrogens with one attached hydrogen (secondary N) is 1. The van der Waals surface area contributed by atoms with Crippen molar-refractivity contribution in [2.75, 3.05) is 13.7 Å². The highest BCUT2D eigenvalue weighted by Crippen LogP contribution is 2.24. The Morgan fingerprint density at radius 3 is 2.15 bits per heavy atom. The minimum atomic E-state index is 0.0299. The number of ether oxygens (including phenoxy) is 1. The molecule has 106 valence electrons. The zero-order valence-corrected chi connectivity index (χ0v) is 11.9. The van der Waals surface area contributed by atoms with Crippen molar-refractivity contribution < 1.29 is 9.84 Å². The minimum Gasteiger partial charge on any atom is -0.497 e. The molecule has 2 aromatic carbocycles. The first-order chi connectivity index (χ1) is 9.74. The van der Waals surface area contributed by atoms with E-state index in [0.29, 0.717) is 0 Å². The maximum absolute atomic E-state index is 9.28. The molecule has 0 radical (unpaired) electrons. The summed E-state index contributed by atoms with van der Waals surface area (Å²) in [4.78, 5) is 0. The molecule has 3 nitrogen and oxygen atoms in total. The summed E-state index contributed by atoms with van der Waals surface area (Å²) in [5.41, 5.74) is 2.33. The molecule has 0 aromatic heterocycles. The van der Waals surface area contributed by atoms with Crippen molar-refractivity contribution in [3.8, 4) is 5.75 Å². The molecule has 0 aliphatic carbocycles. The molecule has 0 fully saturated rings. The fourth-order valence-electron chi connectivity index (χ4n) is 2.16. The maximum Gasteiger partial charge on any atom is 0.118 e. The average Bonchev–Trinajstić information content (AvgIpc) is 2.53. The van der Waals surface area contributed by atoms with Crippen molar-refractivity contribution in [3.05, 3.63) is 65.7 Å². The van der Waals surface area contributed by atoms with Gasteiger partial charge in [0.15, 0.2) is 0 Å². The maximum atomic E-state index is 9.28. The zero-order chi connectivity index (χ0) is 14.4. The summed E-state index contributed by atoms with van der Waals surface area (Å²) in [5, 5.41) is 12.7. The smallest absolute Gasteiger partial charge is 0.118 e. The van der Waals surface area contributed by atoms with Gasteiger partial charge in [-0.3, -0.25) is 0 Å². The zero-order valence-electron chi connectivity index (χ0n) is 11.9. The molecule has 0 aliphatic heterocycles. The molecule has 0 saturated carbocycles. The third-order valence-electron chi connectivity index (χ3n) is 3.31. The Morgan fingerprint density at radius 2 is 1.60 bits per heavy atom. The lowest BCUT2D eigenvalue weighted by atomic mass is 9.98. The van der Waals surface area contributed by atoms with Gasteiger partial charge in [-0.1, -0.05) is 42.5 Å². The van der Waals surface area contributed by atoms with Crippen molar-refractivity contribution in [1.29, 1.82) is 0 Å². The van der Waals surface area contributed by atoms with E-state index in [0.717, 1.165) is 11.3 Å². The molecular weight excluding hydrogens is 250 g/mol. The van der Waals surface area contributed by atoms with Crippen LogP contribution in [0.4, 0.5) is 0 Å². The highest BCUT2D eigenvalue weighted by molar-refractivity contribution is 5.35. The van der Waals surface area contributed by atoms with Crippen molar-refractivity contribution >= 4 is 0 Å². The molecule has 0 saturated heterocycles. The van der Waals surface area contributed by atoms with E-state index < -0.39 is 0 Å². The van der Waals surface area contributed by atoms with Crippen molar-refractivity contribution in [2.24, 2.45) is 0 Å². The van der Waals surface area contributed by atoms with Crippen LogP contribution >= 0.6 is 0 Å². The summed E-state index contributed by atoms with van der Waals surface area (Å²) >= 11 is 0. The summed E-state index contributed by atoms with van der Waals surface area (Å²) in [6.45, 7) is 2.08. The standard InChI is InChI=1S/C17H21NO2/c1-13(12-19)18-17(14-6-4-3-5-7-14)15-8-10-16(20-2)11-9-15/h3-11,13,17-19H,12H2,1-2H3/t13-,17?/m1/s1. The first kappa shape index (κ1) is 14.6. The van der Waals surface area contributed by atoms with Crippen LogP contribution in [0, 0.1) is 0 Å². The van der Waals surface area contributed by atoms with Gasteiger partial charge in [0.1, 0.15) is 5.75 Å². The largest absolute Gasteiger partial charge is 0.497 e. The molecule has 2 rings (SSSR count). The summed E-state index contributed by atoms with van der Waals surface area (Å²) in [6, 6.07) is 18.3. The van der Waals surface area contributed by atoms with Gasteiger partial charge in [-0.2, -0.15) is 0 Å². The first-order valence-electron chi connectivity index (χ1n) is 6.80. The summed E-state index contributed by atoms with van der Waals surface area (Å²) in [7, 11) is 1.66. The number of hydrogen-bond donors (Lipinski definition) is 2. The molecule has 0 spiro atoms. The van der Waals surface area contributed by atoms with E-state index in [1.54, 1.807) is 7.11 Å². The topological polar surface area (TPSA) is 41.5 Å². The van der Waals surface area contributed by atoms with Crippen LogP contribution in [0.25, 0.3) is 0 Å². The summed E-state index contributed by atoms with van der Waals surface area (Å²) in [5.74, 6) is 0.843. The molecule has 20 heavy (non-hydrogen) atoms. The molecule has 2 N–H and O–H groups in total. The van der Waals surface area contributed by atoms with Gasteiger partial charge in [0, 0.05) is 6.04 Å². The molecule has 2 aromatic rings. The predicted octanol–water partition coefficient (Wildman–Crippen LogP) is 2.76. The Balaban J connectivity index is 2.30. The molecule has 0 amide bonds. The van der Waals surface area contributed by atoms with Crippen molar-refractivity contribution in [3.63, 3.8) is 0 Å². The highest BCUT2D eigenvalue weighted by atomic mass is 16.5. The Hall–Kier alpha value is -1.84. The number of methoxy groups -OCH3 is 1. The number of rotatable bonds is 6. The Morgan fingerprint density at radius 1 is 1.00 bits per heavy atom. The molecule has 0 heterocycles. The third kappa shape index (κ3) is 3.59. The monoisotopic (exact) mass is 271 g/mol. The number of hydrogen-bond acceptors (Lipinski definition) is 3.